The molecule has 4 aromatic heterocycles. The van der Waals surface area contributed by atoms with E-state index in [9.17, 15) is 0 Å². The number of aromatic nitrogens is 4. The Bertz CT molecular complexity index is 971. The molecule has 5 heteroatoms. The van der Waals surface area contributed by atoms with Crippen LogP contribution in [0, 0.1) is 6.92 Å². The molecule has 0 fully saturated rings. The van der Waals surface area contributed by atoms with E-state index in [1.165, 1.54) is 0 Å². The zero-order valence-electron chi connectivity index (χ0n) is 11.5. The van der Waals surface area contributed by atoms with E-state index in [-0.39, 0.29) is 0 Å². The number of hydrogen-bond donors (Lipinski definition) is 2. The fourth-order valence-corrected chi connectivity index (χ4v) is 2.64. The van der Waals surface area contributed by atoms with Crippen molar-refractivity contribution in [2.24, 2.45) is 0 Å². The number of pyridine rings is 3. The van der Waals surface area contributed by atoms with Crippen LogP contribution in [0.1, 0.15) is 5.69 Å². The van der Waals surface area contributed by atoms with E-state index in [1.807, 2.05) is 31.3 Å². The number of aromatic amines is 1. The predicted octanol–water partition coefficient (Wildman–Crippen LogP) is 3.06. The number of nitrogens with two attached hydrogens (primary N) is 1. The molecule has 0 aliphatic heterocycles. The highest BCUT2D eigenvalue weighted by molar-refractivity contribution is 6.04. The Morgan fingerprint density at radius 2 is 1.76 bits per heavy atom. The number of hydrogen-bond acceptors (Lipinski definition) is 4. The Morgan fingerprint density at radius 1 is 0.952 bits per heavy atom. The number of rotatable bonds is 1. The molecule has 4 rings (SSSR count). The van der Waals surface area contributed by atoms with Gasteiger partial charge in [-0.25, -0.2) is 9.97 Å². The van der Waals surface area contributed by atoms with Crippen LogP contribution in [0.2, 0.25) is 0 Å². The highest BCUT2D eigenvalue weighted by atomic mass is 14.9. The fraction of sp³-hybridized carbons (Fsp3) is 0.0625. The summed E-state index contributed by atoms with van der Waals surface area (Å²) in [6.07, 6.45) is 5.41. The van der Waals surface area contributed by atoms with Gasteiger partial charge in [0.15, 0.2) is 0 Å². The number of nitrogens with one attached hydrogen (secondary N) is 1. The normalized spacial score (nSPS) is 11.3. The third-order valence-corrected chi connectivity index (χ3v) is 3.65. The van der Waals surface area contributed by atoms with E-state index >= 15 is 0 Å². The highest BCUT2D eigenvalue weighted by Gasteiger charge is 2.12. The van der Waals surface area contributed by atoms with Crippen LogP contribution >= 0.6 is 0 Å². The molecular formula is C16H13N5. The van der Waals surface area contributed by atoms with Crippen molar-refractivity contribution in [2.45, 2.75) is 6.92 Å². The van der Waals surface area contributed by atoms with Gasteiger partial charge in [-0.05, 0) is 31.2 Å². The summed E-state index contributed by atoms with van der Waals surface area (Å²) in [5.74, 6) is 0.518. The first kappa shape index (κ1) is 11.8. The van der Waals surface area contributed by atoms with Crippen molar-refractivity contribution >= 4 is 27.6 Å². The lowest BCUT2D eigenvalue weighted by Gasteiger charge is -2.06. The van der Waals surface area contributed by atoms with Crippen molar-refractivity contribution in [3.8, 4) is 11.3 Å². The molecule has 0 aliphatic rings. The number of aryl methyl sites for hydroxylation is 1. The maximum Gasteiger partial charge on any atom is 0.138 e. The summed E-state index contributed by atoms with van der Waals surface area (Å²) in [7, 11) is 0. The van der Waals surface area contributed by atoms with Gasteiger partial charge < -0.3 is 10.7 Å². The van der Waals surface area contributed by atoms with Crippen molar-refractivity contribution in [1.82, 2.24) is 19.9 Å². The molecule has 0 bridgehead atoms. The van der Waals surface area contributed by atoms with Gasteiger partial charge in [0.25, 0.3) is 0 Å². The van der Waals surface area contributed by atoms with Crippen LogP contribution in [-0.2, 0) is 0 Å². The lowest BCUT2D eigenvalue weighted by molar-refractivity contribution is 1.22. The number of fused-ring (bicyclic) bond motifs is 2. The van der Waals surface area contributed by atoms with Gasteiger partial charge in [-0.3, -0.25) is 4.98 Å². The molecular weight excluding hydrogens is 262 g/mol. The lowest BCUT2D eigenvalue weighted by Crippen LogP contribution is -1.93. The molecule has 0 amide bonds. The number of nitrogens with zero attached hydrogens (tertiary/aromatic N) is 3. The molecule has 0 saturated heterocycles. The molecule has 4 heterocycles. The fourth-order valence-electron chi connectivity index (χ4n) is 2.64. The minimum absolute atomic E-state index is 0.518. The van der Waals surface area contributed by atoms with Gasteiger partial charge in [-0.2, -0.15) is 0 Å². The molecule has 0 aromatic carbocycles. The van der Waals surface area contributed by atoms with Crippen LogP contribution in [0.5, 0.6) is 0 Å². The lowest BCUT2D eigenvalue weighted by atomic mass is 10.1. The van der Waals surface area contributed by atoms with Crippen LogP contribution in [-0.4, -0.2) is 19.9 Å². The van der Waals surface area contributed by atoms with Gasteiger partial charge in [0, 0.05) is 46.0 Å². The van der Waals surface area contributed by atoms with E-state index in [0.717, 1.165) is 38.8 Å². The molecule has 0 saturated carbocycles. The second-order valence-corrected chi connectivity index (χ2v) is 5.00. The summed E-state index contributed by atoms with van der Waals surface area (Å²) in [6.45, 7) is 1.97. The Hall–Kier alpha value is -2.95. The predicted molar refractivity (Wildman–Crippen MR) is 83.8 cm³/mol. The minimum Gasteiger partial charge on any atom is -0.383 e. The van der Waals surface area contributed by atoms with Gasteiger partial charge in [-0.15, -0.1) is 0 Å². The van der Waals surface area contributed by atoms with Gasteiger partial charge in [0.1, 0.15) is 11.5 Å². The summed E-state index contributed by atoms with van der Waals surface area (Å²) in [5, 5.41) is 2.96. The average Bonchev–Trinajstić information content (AvgIpc) is 2.90. The first-order valence-corrected chi connectivity index (χ1v) is 6.68. The molecule has 0 unspecified atom stereocenters. The molecule has 5 nitrogen and oxygen atoms in total. The first-order valence-electron chi connectivity index (χ1n) is 6.68. The summed E-state index contributed by atoms with van der Waals surface area (Å²) in [5.41, 5.74) is 9.71. The largest absolute Gasteiger partial charge is 0.383 e. The number of H-pyrrole nitrogens is 1. The second-order valence-electron chi connectivity index (χ2n) is 5.00. The van der Waals surface area contributed by atoms with E-state index in [1.54, 1.807) is 12.4 Å². The topological polar surface area (TPSA) is 80.5 Å². The van der Waals surface area contributed by atoms with Crippen molar-refractivity contribution < 1.29 is 0 Å². The molecule has 21 heavy (non-hydrogen) atoms. The van der Waals surface area contributed by atoms with E-state index in [0.29, 0.717) is 5.82 Å². The molecule has 4 aromatic rings. The summed E-state index contributed by atoms with van der Waals surface area (Å²) in [6, 6.07) is 7.89. The van der Waals surface area contributed by atoms with E-state index in [2.05, 4.69) is 26.0 Å². The first-order chi connectivity index (χ1) is 10.2. The molecule has 0 aliphatic carbocycles. The SMILES string of the molecule is Cc1ccc2c(-c3nccc4c(N)nccc34)c[nH]c2n1. The zero-order chi connectivity index (χ0) is 14.4. The standard InChI is InChI=1S/C16H13N5/c1-9-2-3-12-13(8-20-16(12)21-9)14-10-4-7-19-15(17)11(10)5-6-18-14/h2-8H,1H3,(H2,17,19)(H,20,21). The van der Waals surface area contributed by atoms with Crippen LogP contribution in [0.15, 0.2) is 42.9 Å². The maximum atomic E-state index is 5.95. The number of anilines is 1. The smallest absolute Gasteiger partial charge is 0.138 e. The van der Waals surface area contributed by atoms with Crippen LogP contribution in [0.25, 0.3) is 33.1 Å². The zero-order valence-corrected chi connectivity index (χ0v) is 11.5. The van der Waals surface area contributed by atoms with Crippen LogP contribution < -0.4 is 5.73 Å². The average molecular weight is 275 g/mol. The van der Waals surface area contributed by atoms with Crippen molar-refractivity contribution in [3.05, 3.63) is 48.5 Å². The van der Waals surface area contributed by atoms with Crippen LogP contribution in [0.4, 0.5) is 5.82 Å². The van der Waals surface area contributed by atoms with Gasteiger partial charge in [-0.1, -0.05) is 0 Å². The van der Waals surface area contributed by atoms with Crippen molar-refractivity contribution in [2.75, 3.05) is 5.73 Å². The van der Waals surface area contributed by atoms with Crippen molar-refractivity contribution in [1.29, 1.82) is 0 Å². The molecule has 0 spiro atoms. The molecule has 0 atom stereocenters. The quantitative estimate of drug-likeness (QED) is 0.559. The Labute approximate surface area is 120 Å². The summed E-state index contributed by atoms with van der Waals surface area (Å²) >= 11 is 0. The summed E-state index contributed by atoms with van der Waals surface area (Å²) in [4.78, 5) is 16.4. The Kier molecular flexibility index (Phi) is 2.41. The number of nitrogen functional groups attached to an aromatic ring is 1. The van der Waals surface area contributed by atoms with Gasteiger partial charge in [0.2, 0.25) is 0 Å². The van der Waals surface area contributed by atoms with Gasteiger partial charge in [0.05, 0.1) is 5.69 Å². The van der Waals surface area contributed by atoms with E-state index in [4.69, 9.17) is 5.73 Å². The third kappa shape index (κ3) is 1.74. The second kappa shape index (κ2) is 4.28. The third-order valence-electron chi connectivity index (χ3n) is 3.65. The van der Waals surface area contributed by atoms with Crippen LogP contribution in [0.3, 0.4) is 0 Å². The molecule has 102 valence electrons. The Balaban J connectivity index is 2.07. The minimum atomic E-state index is 0.518. The monoisotopic (exact) mass is 275 g/mol. The molecule has 3 N–H and O–H groups in total. The highest BCUT2D eigenvalue weighted by Crippen LogP contribution is 2.32. The van der Waals surface area contributed by atoms with Gasteiger partial charge >= 0.3 is 0 Å². The molecule has 0 radical (unpaired) electrons. The Morgan fingerprint density at radius 3 is 2.67 bits per heavy atom. The maximum absolute atomic E-state index is 5.95. The van der Waals surface area contributed by atoms with E-state index < -0.39 is 0 Å². The van der Waals surface area contributed by atoms with Crippen molar-refractivity contribution in [3.63, 3.8) is 0 Å². The summed E-state index contributed by atoms with van der Waals surface area (Å²) < 4.78 is 0.